The minimum atomic E-state index is -0.774. The predicted octanol–water partition coefficient (Wildman–Crippen LogP) is 2.25. The number of benzene rings is 1. The lowest BCUT2D eigenvalue weighted by Gasteiger charge is -2.18. The lowest BCUT2D eigenvalue weighted by molar-refractivity contribution is 0.0176. The molecule has 23 heavy (non-hydrogen) atoms. The van der Waals surface area contributed by atoms with Crippen LogP contribution in [0.15, 0.2) is 24.3 Å². The van der Waals surface area contributed by atoms with Crippen LogP contribution in [0.5, 0.6) is 5.75 Å². The minimum Gasteiger partial charge on any atom is -0.410 e. The highest BCUT2D eigenvalue weighted by Crippen LogP contribution is 2.17. The molecule has 0 saturated carbocycles. The van der Waals surface area contributed by atoms with Gasteiger partial charge in [-0.1, -0.05) is 12.0 Å². The van der Waals surface area contributed by atoms with E-state index in [0.717, 1.165) is 0 Å². The van der Waals surface area contributed by atoms with Gasteiger partial charge in [-0.15, -0.1) is 6.42 Å². The molecule has 2 N–H and O–H groups in total. The number of rotatable bonds is 5. The average molecular weight is 319 g/mol. The molecule has 0 atom stereocenters. The van der Waals surface area contributed by atoms with E-state index in [9.17, 15) is 9.59 Å². The monoisotopic (exact) mass is 319 g/mol. The van der Waals surface area contributed by atoms with E-state index < -0.39 is 11.7 Å². The van der Waals surface area contributed by atoms with Crippen LogP contribution in [0, 0.1) is 12.3 Å². The minimum absolute atomic E-state index is 0.0763. The summed E-state index contributed by atoms with van der Waals surface area (Å²) < 4.78 is 10.4. The zero-order valence-corrected chi connectivity index (χ0v) is 13.7. The summed E-state index contributed by atoms with van der Waals surface area (Å²) in [5.74, 6) is 2.73. The largest absolute Gasteiger partial charge is 0.414 e. The summed E-state index contributed by atoms with van der Waals surface area (Å²) in [5.41, 5.74) is -0.261. The van der Waals surface area contributed by atoms with Crippen LogP contribution in [0.3, 0.4) is 0 Å². The molecule has 0 aliphatic rings. The van der Waals surface area contributed by atoms with Crippen LogP contribution >= 0.6 is 0 Å². The van der Waals surface area contributed by atoms with Crippen LogP contribution in [-0.4, -0.2) is 43.5 Å². The number of nitrogens with zero attached hydrogens (tertiary/aromatic N) is 1. The number of terminal acetylenes is 1. The summed E-state index contributed by atoms with van der Waals surface area (Å²) in [6.45, 7) is 3.33. The first-order valence-corrected chi connectivity index (χ1v) is 6.89. The second kappa shape index (κ2) is 8.06. The molecule has 1 aromatic rings. The smallest absolute Gasteiger partial charge is 0.410 e. The molecular weight excluding hydrogens is 298 g/mol. The van der Waals surface area contributed by atoms with E-state index >= 15 is 0 Å². The molecule has 0 radical (unpaired) electrons. The maximum Gasteiger partial charge on any atom is 0.414 e. The van der Waals surface area contributed by atoms with E-state index in [0.29, 0.717) is 5.69 Å². The SMILES string of the molecule is C#CC(C)(C)OCNC(=O)Oc1cccc(NC(=O)N(C)C)c1. The molecule has 1 rings (SSSR count). The number of carbonyl (C=O) groups is 2. The summed E-state index contributed by atoms with van der Waals surface area (Å²) in [6.07, 6.45) is 4.58. The van der Waals surface area contributed by atoms with Crippen molar-refractivity contribution in [1.29, 1.82) is 0 Å². The van der Waals surface area contributed by atoms with Gasteiger partial charge in [0.05, 0.1) is 0 Å². The van der Waals surface area contributed by atoms with Gasteiger partial charge in [0.15, 0.2) is 0 Å². The lowest BCUT2D eigenvalue weighted by Crippen LogP contribution is -2.34. The van der Waals surface area contributed by atoms with Crippen LogP contribution in [-0.2, 0) is 4.74 Å². The third kappa shape index (κ3) is 6.72. The molecule has 0 aliphatic carbocycles. The van der Waals surface area contributed by atoms with Crippen molar-refractivity contribution in [1.82, 2.24) is 10.2 Å². The molecule has 3 amide bonds. The van der Waals surface area contributed by atoms with Gasteiger partial charge in [0.25, 0.3) is 0 Å². The highest BCUT2D eigenvalue weighted by molar-refractivity contribution is 5.89. The van der Waals surface area contributed by atoms with Crippen molar-refractivity contribution in [2.24, 2.45) is 0 Å². The Labute approximate surface area is 135 Å². The molecule has 0 saturated heterocycles. The Balaban J connectivity index is 2.52. The second-order valence-corrected chi connectivity index (χ2v) is 5.36. The van der Waals surface area contributed by atoms with Crippen LogP contribution in [0.2, 0.25) is 0 Å². The Morgan fingerprint density at radius 1 is 1.35 bits per heavy atom. The lowest BCUT2D eigenvalue weighted by atomic mass is 10.2. The fraction of sp³-hybridized carbons (Fsp3) is 0.375. The molecule has 0 unspecified atom stereocenters. The predicted molar refractivity (Wildman–Crippen MR) is 87.2 cm³/mol. The average Bonchev–Trinajstić information content (AvgIpc) is 2.47. The first-order chi connectivity index (χ1) is 10.7. The van der Waals surface area contributed by atoms with Gasteiger partial charge in [-0.2, -0.15) is 0 Å². The number of anilines is 1. The van der Waals surface area contributed by atoms with Gasteiger partial charge in [0.2, 0.25) is 0 Å². The first kappa shape index (κ1) is 18.3. The van der Waals surface area contributed by atoms with Crippen LogP contribution in [0.1, 0.15) is 13.8 Å². The van der Waals surface area contributed by atoms with Gasteiger partial charge in [-0.25, -0.2) is 9.59 Å². The Morgan fingerprint density at radius 3 is 2.65 bits per heavy atom. The Bertz CT molecular complexity index is 606. The summed E-state index contributed by atoms with van der Waals surface area (Å²) in [5, 5.41) is 5.08. The van der Waals surface area contributed by atoms with Crippen molar-refractivity contribution in [2.75, 3.05) is 26.1 Å². The van der Waals surface area contributed by atoms with Crippen molar-refractivity contribution in [3.8, 4) is 18.1 Å². The number of nitrogens with one attached hydrogen (secondary N) is 2. The normalized spacial score (nSPS) is 10.4. The molecule has 0 fully saturated rings. The zero-order valence-electron chi connectivity index (χ0n) is 13.7. The first-order valence-electron chi connectivity index (χ1n) is 6.89. The number of amides is 3. The van der Waals surface area contributed by atoms with E-state index in [1.807, 2.05) is 0 Å². The summed E-state index contributed by atoms with van der Waals surface area (Å²) in [7, 11) is 3.25. The third-order valence-electron chi connectivity index (χ3n) is 2.70. The molecule has 7 heteroatoms. The number of carbonyl (C=O) groups excluding carboxylic acids is 2. The maximum atomic E-state index is 11.7. The van der Waals surface area contributed by atoms with Gasteiger partial charge < -0.3 is 19.7 Å². The van der Waals surface area contributed by atoms with Gasteiger partial charge in [0, 0.05) is 25.8 Å². The number of urea groups is 1. The second-order valence-electron chi connectivity index (χ2n) is 5.36. The fourth-order valence-corrected chi connectivity index (χ4v) is 1.33. The van der Waals surface area contributed by atoms with Crippen LogP contribution < -0.4 is 15.4 Å². The van der Waals surface area contributed by atoms with Gasteiger partial charge in [0.1, 0.15) is 18.1 Å². The van der Waals surface area contributed by atoms with E-state index in [1.165, 1.54) is 11.0 Å². The number of hydrogen-bond donors (Lipinski definition) is 2. The molecule has 0 aliphatic heterocycles. The Morgan fingerprint density at radius 2 is 2.04 bits per heavy atom. The fourth-order valence-electron chi connectivity index (χ4n) is 1.33. The highest BCUT2D eigenvalue weighted by Gasteiger charge is 2.14. The van der Waals surface area contributed by atoms with Gasteiger partial charge in [-0.3, -0.25) is 5.32 Å². The number of ether oxygens (including phenoxy) is 2. The molecule has 0 aromatic heterocycles. The van der Waals surface area contributed by atoms with Gasteiger partial charge in [-0.05, 0) is 26.0 Å². The zero-order chi connectivity index (χ0) is 17.5. The maximum absolute atomic E-state index is 11.7. The van der Waals surface area contributed by atoms with Crippen molar-refractivity contribution >= 4 is 17.8 Å². The van der Waals surface area contributed by atoms with E-state index in [4.69, 9.17) is 15.9 Å². The summed E-state index contributed by atoms with van der Waals surface area (Å²) >= 11 is 0. The van der Waals surface area contributed by atoms with Crippen molar-refractivity contribution < 1.29 is 19.1 Å². The molecular formula is C16H21N3O4. The molecule has 0 spiro atoms. The van der Waals surface area contributed by atoms with E-state index in [2.05, 4.69) is 16.6 Å². The standard InChI is InChI=1S/C16H21N3O4/c1-6-16(2,3)22-11-17-15(21)23-13-9-7-8-12(10-13)18-14(20)19(4)5/h1,7-10H,11H2,2-5H3,(H,17,21)(H,18,20). The van der Waals surface area contributed by atoms with E-state index in [-0.39, 0.29) is 18.5 Å². The highest BCUT2D eigenvalue weighted by atomic mass is 16.6. The van der Waals surface area contributed by atoms with Gasteiger partial charge >= 0.3 is 12.1 Å². The summed E-state index contributed by atoms with van der Waals surface area (Å²) in [6, 6.07) is 6.19. The topological polar surface area (TPSA) is 79.9 Å². The van der Waals surface area contributed by atoms with Crippen molar-refractivity contribution in [3.63, 3.8) is 0 Å². The Hall–Kier alpha value is -2.72. The quantitative estimate of drug-likeness (QED) is 0.644. The Kier molecular flexibility index (Phi) is 6.42. The van der Waals surface area contributed by atoms with E-state index in [1.54, 1.807) is 46.1 Å². The third-order valence-corrected chi connectivity index (χ3v) is 2.70. The van der Waals surface area contributed by atoms with Crippen molar-refractivity contribution in [2.45, 2.75) is 19.4 Å². The molecule has 1 aromatic carbocycles. The molecule has 7 nitrogen and oxygen atoms in total. The summed E-state index contributed by atoms with van der Waals surface area (Å²) in [4.78, 5) is 24.6. The van der Waals surface area contributed by atoms with Crippen molar-refractivity contribution in [3.05, 3.63) is 24.3 Å². The molecule has 0 bridgehead atoms. The number of hydrogen-bond acceptors (Lipinski definition) is 4. The molecule has 124 valence electrons. The molecule has 0 heterocycles. The van der Waals surface area contributed by atoms with Crippen LogP contribution in [0.25, 0.3) is 0 Å². The van der Waals surface area contributed by atoms with Crippen LogP contribution in [0.4, 0.5) is 15.3 Å².